The normalized spacial score (nSPS) is 22.5. The van der Waals surface area contributed by atoms with Gasteiger partial charge in [0.1, 0.15) is 0 Å². The third-order valence-electron chi connectivity index (χ3n) is 13.3. The Kier molecular flexibility index (Phi) is 7.25. The molecule has 1 unspecified atom stereocenters. The molecule has 7 aromatic carbocycles. The molecule has 4 nitrogen and oxygen atoms in total. The van der Waals surface area contributed by atoms with Crippen molar-refractivity contribution in [3.8, 4) is 5.69 Å². The monoisotopic (exact) mass is 734 g/mol. The molecule has 2 aliphatic carbocycles. The third kappa shape index (κ3) is 4.72. The van der Waals surface area contributed by atoms with Gasteiger partial charge in [-0.2, -0.15) is 0 Å². The molecule has 0 radical (unpaired) electrons. The first-order valence-electron chi connectivity index (χ1n) is 19.8. The SMILES string of the molecule is C[C@@H]1C[C@H]2CCC[C@@H](C1)C21c2ccccc2S(=O)(=O)c2cc(N(c3ccc(-n4c5ccccc5c5ccccc54)cc3)c3ccc4ccccc4c3)ccc21. The summed E-state index contributed by atoms with van der Waals surface area (Å²) < 4.78 is 32.1. The second-order valence-corrected chi connectivity index (χ2v) is 18.1. The van der Waals surface area contributed by atoms with E-state index in [9.17, 15) is 8.42 Å². The number of rotatable bonds is 4. The Hall–Kier alpha value is -5.65. The summed E-state index contributed by atoms with van der Waals surface area (Å²) in [6.45, 7) is 2.39. The van der Waals surface area contributed by atoms with E-state index in [2.05, 4.69) is 150 Å². The Morgan fingerprint density at radius 1 is 0.564 bits per heavy atom. The quantitative estimate of drug-likeness (QED) is 0.181. The maximum Gasteiger partial charge on any atom is 0.207 e. The van der Waals surface area contributed by atoms with Gasteiger partial charge in [0, 0.05) is 38.9 Å². The van der Waals surface area contributed by atoms with Crippen LogP contribution in [-0.2, 0) is 15.3 Å². The Balaban J connectivity index is 1.11. The molecular weight excluding hydrogens is 693 g/mol. The molecule has 4 atom stereocenters. The van der Waals surface area contributed by atoms with Gasteiger partial charge in [-0.25, -0.2) is 8.42 Å². The summed E-state index contributed by atoms with van der Waals surface area (Å²) >= 11 is 0. The maximum atomic E-state index is 14.9. The predicted octanol–water partition coefficient (Wildman–Crippen LogP) is 12.7. The Morgan fingerprint density at radius 3 is 1.85 bits per heavy atom. The molecule has 0 amide bonds. The molecule has 2 saturated carbocycles. The second-order valence-electron chi connectivity index (χ2n) is 16.2. The highest BCUT2D eigenvalue weighted by Crippen LogP contribution is 2.63. The van der Waals surface area contributed by atoms with Crippen LogP contribution >= 0.6 is 0 Å². The maximum absolute atomic E-state index is 14.9. The molecule has 2 fully saturated rings. The van der Waals surface area contributed by atoms with Crippen LogP contribution in [0.5, 0.6) is 0 Å². The zero-order chi connectivity index (χ0) is 36.9. The molecule has 1 spiro atoms. The zero-order valence-electron chi connectivity index (χ0n) is 30.9. The van der Waals surface area contributed by atoms with Crippen LogP contribution in [0.4, 0.5) is 17.1 Å². The lowest BCUT2D eigenvalue weighted by molar-refractivity contribution is 0.0488. The van der Waals surface area contributed by atoms with Crippen molar-refractivity contribution in [3.05, 3.63) is 169 Å². The topological polar surface area (TPSA) is 42.3 Å². The lowest BCUT2D eigenvalue weighted by atomic mass is 9.48. The van der Waals surface area contributed by atoms with Gasteiger partial charge in [0.05, 0.1) is 20.8 Å². The minimum atomic E-state index is -3.78. The van der Waals surface area contributed by atoms with E-state index in [4.69, 9.17) is 0 Å². The summed E-state index contributed by atoms with van der Waals surface area (Å²) in [7, 11) is -3.78. The van der Waals surface area contributed by atoms with Crippen molar-refractivity contribution in [2.24, 2.45) is 17.8 Å². The van der Waals surface area contributed by atoms with E-state index in [1.807, 2.05) is 24.3 Å². The molecule has 0 N–H and O–H groups in total. The number of benzene rings is 7. The first-order valence-corrected chi connectivity index (χ1v) is 21.3. The summed E-state index contributed by atoms with van der Waals surface area (Å²) in [6.07, 6.45) is 5.75. The fourth-order valence-corrected chi connectivity index (χ4v) is 13.0. The lowest BCUT2D eigenvalue weighted by Crippen LogP contribution is -2.53. The molecule has 0 saturated heterocycles. The second kappa shape index (κ2) is 12.2. The van der Waals surface area contributed by atoms with Crippen molar-refractivity contribution in [3.63, 3.8) is 0 Å². The molecular formula is C50H42N2O2S. The summed E-state index contributed by atoms with van der Waals surface area (Å²) in [6, 6.07) is 55.1. The summed E-state index contributed by atoms with van der Waals surface area (Å²) in [4.78, 5) is 3.20. The molecule has 5 heteroatoms. The van der Waals surface area contributed by atoms with Crippen molar-refractivity contribution in [2.45, 2.75) is 54.2 Å². The molecule has 2 bridgehead atoms. The van der Waals surface area contributed by atoms with Gasteiger partial charge in [-0.15, -0.1) is 0 Å². The number of para-hydroxylation sites is 2. The zero-order valence-corrected chi connectivity index (χ0v) is 31.7. The van der Waals surface area contributed by atoms with E-state index in [1.165, 1.54) is 28.2 Å². The number of sulfone groups is 1. The summed E-state index contributed by atoms with van der Waals surface area (Å²) in [5, 5.41) is 4.75. The van der Waals surface area contributed by atoms with Gasteiger partial charge in [-0.05, 0) is 132 Å². The molecule has 1 aliphatic heterocycles. The Labute approximate surface area is 322 Å². The van der Waals surface area contributed by atoms with Crippen LogP contribution in [0.15, 0.2) is 168 Å². The van der Waals surface area contributed by atoms with Gasteiger partial charge in [-0.3, -0.25) is 0 Å². The van der Waals surface area contributed by atoms with Crippen LogP contribution in [0.25, 0.3) is 38.3 Å². The van der Waals surface area contributed by atoms with E-state index in [1.54, 1.807) is 0 Å². The average molecular weight is 735 g/mol. The van der Waals surface area contributed by atoms with Crippen molar-refractivity contribution in [1.29, 1.82) is 0 Å². The minimum absolute atomic E-state index is 0.293. The van der Waals surface area contributed by atoms with Crippen molar-refractivity contribution < 1.29 is 8.42 Å². The summed E-state index contributed by atoms with van der Waals surface area (Å²) in [5.74, 6) is 1.48. The molecule has 55 heavy (non-hydrogen) atoms. The minimum Gasteiger partial charge on any atom is -0.310 e. The fourth-order valence-electron chi connectivity index (χ4n) is 11.2. The molecule has 8 aromatic rings. The first kappa shape index (κ1) is 32.8. The van der Waals surface area contributed by atoms with E-state index < -0.39 is 9.84 Å². The van der Waals surface area contributed by atoms with Gasteiger partial charge in [0.2, 0.25) is 9.84 Å². The molecule has 11 rings (SSSR count). The highest BCUT2D eigenvalue weighted by Gasteiger charge is 2.58. The van der Waals surface area contributed by atoms with Crippen LogP contribution in [0.3, 0.4) is 0 Å². The van der Waals surface area contributed by atoms with Crippen LogP contribution in [0, 0.1) is 17.8 Å². The molecule has 2 heterocycles. The van der Waals surface area contributed by atoms with E-state index >= 15 is 0 Å². The Morgan fingerprint density at radius 2 is 1.13 bits per heavy atom. The standard InChI is InChI=1S/C50H42N2O2S/c1-33-29-36-13-10-14-37(30-33)50(36)44-17-6-9-20-48(44)55(53,54)49-32-41(27-28-45(49)50)51(40-22-21-34-11-2-3-12-35(34)31-40)38-23-25-39(26-24-38)52-46-18-7-4-15-42(46)43-16-5-8-19-47(43)52/h2-9,11-12,15-28,31-33,36-37H,10,13-14,29-30H2,1H3/t33-,36-,37+,50?. The fraction of sp³-hybridized carbons (Fsp3) is 0.200. The highest BCUT2D eigenvalue weighted by atomic mass is 32.2. The predicted molar refractivity (Wildman–Crippen MR) is 225 cm³/mol. The van der Waals surface area contributed by atoms with Gasteiger partial charge in [0.25, 0.3) is 0 Å². The molecule has 1 aromatic heterocycles. The van der Waals surface area contributed by atoms with Crippen LogP contribution < -0.4 is 4.90 Å². The number of aromatic nitrogens is 1. The number of hydrogen-bond donors (Lipinski definition) is 0. The van der Waals surface area contributed by atoms with E-state index in [0.717, 1.165) is 70.3 Å². The number of nitrogens with zero attached hydrogens (tertiary/aromatic N) is 2. The number of anilines is 3. The van der Waals surface area contributed by atoms with Crippen LogP contribution in [0.2, 0.25) is 0 Å². The smallest absolute Gasteiger partial charge is 0.207 e. The highest BCUT2D eigenvalue weighted by molar-refractivity contribution is 7.91. The summed E-state index contributed by atoms with van der Waals surface area (Å²) in [5.41, 5.74) is 7.94. The molecule has 3 aliphatic rings. The lowest BCUT2D eigenvalue weighted by Gasteiger charge is -2.57. The largest absolute Gasteiger partial charge is 0.310 e. The van der Waals surface area contributed by atoms with Crippen molar-refractivity contribution in [2.75, 3.05) is 4.90 Å². The first-order chi connectivity index (χ1) is 26.9. The number of hydrogen-bond acceptors (Lipinski definition) is 3. The number of fused-ring (bicyclic) bond motifs is 6. The van der Waals surface area contributed by atoms with E-state index in [0.29, 0.717) is 27.5 Å². The van der Waals surface area contributed by atoms with Crippen LogP contribution in [-0.4, -0.2) is 13.0 Å². The Bertz CT molecular complexity index is 2860. The molecule has 270 valence electrons. The van der Waals surface area contributed by atoms with Gasteiger partial charge in [-0.1, -0.05) is 104 Å². The van der Waals surface area contributed by atoms with E-state index in [-0.39, 0.29) is 5.41 Å². The van der Waals surface area contributed by atoms with Crippen molar-refractivity contribution >= 4 is 59.5 Å². The third-order valence-corrected chi connectivity index (χ3v) is 15.1. The van der Waals surface area contributed by atoms with Gasteiger partial charge >= 0.3 is 0 Å². The van der Waals surface area contributed by atoms with Crippen molar-refractivity contribution in [1.82, 2.24) is 4.57 Å². The van der Waals surface area contributed by atoms with Crippen LogP contribution in [0.1, 0.15) is 50.2 Å². The van der Waals surface area contributed by atoms with Gasteiger partial charge in [0.15, 0.2) is 0 Å². The average Bonchev–Trinajstić information content (AvgIpc) is 3.55. The van der Waals surface area contributed by atoms with Gasteiger partial charge < -0.3 is 9.47 Å².